The first kappa shape index (κ1) is 15.2. The SMILES string of the molecule is Cn1cc(CNC(C)(C)C)c(-c2ccc(F)cc2Br)n1. The van der Waals surface area contributed by atoms with Gasteiger partial charge in [0.1, 0.15) is 5.82 Å². The lowest BCUT2D eigenvalue weighted by Gasteiger charge is -2.20. The van der Waals surface area contributed by atoms with Gasteiger partial charge in [-0.1, -0.05) is 0 Å². The monoisotopic (exact) mass is 339 g/mol. The highest BCUT2D eigenvalue weighted by molar-refractivity contribution is 9.10. The molecule has 20 heavy (non-hydrogen) atoms. The lowest BCUT2D eigenvalue weighted by Crippen LogP contribution is -2.35. The van der Waals surface area contributed by atoms with Gasteiger partial charge in [-0.05, 0) is 54.9 Å². The van der Waals surface area contributed by atoms with Crippen LogP contribution in [0.4, 0.5) is 4.39 Å². The molecule has 3 nitrogen and oxygen atoms in total. The summed E-state index contributed by atoms with van der Waals surface area (Å²) in [6.45, 7) is 7.08. The fourth-order valence-corrected chi connectivity index (χ4v) is 2.47. The summed E-state index contributed by atoms with van der Waals surface area (Å²) < 4.78 is 15.7. The Labute approximate surface area is 127 Å². The summed E-state index contributed by atoms with van der Waals surface area (Å²) in [4.78, 5) is 0. The lowest BCUT2D eigenvalue weighted by atomic mass is 10.1. The number of hydrogen-bond acceptors (Lipinski definition) is 2. The molecule has 1 aromatic carbocycles. The zero-order valence-electron chi connectivity index (χ0n) is 12.2. The zero-order chi connectivity index (χ0) is 14.9. The predicted octanol–water partition coefficient (Wildman–Crippen LogP) is 3.88. The van der Waals surface area contributed by atoms with Crippen LogP contribution in [0.15, 0.2) is 28.9 Å². The first-order chi connectivity index (χ1) is 9.26. The van der Waals surface area contributed by atoms with E-state index in [9.17, 15) is 4.39 Å². The molecule has 0 spiro atoms. The van der Waals surface area contributed by atoms with Crippen LogP contribution in [0.25, 0.3) is 11.3 Å². The van der Waals surface area contributed by atoms with Crippen LogP contribution in [0.1, 0.15) is 26.3 Å². The number of halogens is 2. The Bertz CT molecular complexity index is 614. The van der Waals surface area contributed by atoms with Gasteiger partial charge in [0.25, 0.3) is 0 Å². The molecular weight excluding hydrogens is 321 g/mol. The quantitative estimate of drug-likeness (QED) is 0.919. The molecule has 0 fully saturated rings. The Morgan fingerprint density at radius 3 is 2.65 bits per heavy atom. The largest absolute Gasteiger partial charge is 0.308 e. The molecule has 1 heterocycles. The standard InChI is InChI=1S/C15H19BrFN3/c1-15(2,3)18-8-10-9-20(4)19-14(10)12-6-5-11(17)7-13(12)16/h5-7,9,18H,8H2,1-4H3. The van der Waals surface area contributed by atoms with E-state index in [1.54, 1.807) is 10.7 Å². The number of aromatic nitrogens is 2. The van der Waals surface area contributed by atoms with E-state index in [0.29, 0.717) is 4.47 Å². The summed E-state index contributed by atoms with van der Waals surface area (Å²) in [5, 5.41) is 7.95. The van der Waals surface area contributed by atoms with Crippen molar-refractivity contribution in [2.45, 2.75) is 32.9 Å². The second-order valence-electron chi connectivity index (χ2n) is 5.90. The molecule has 0 unspecified atom stereocenters. The summed E-state index contributed by atoms with van der Waals surface area (Å²) >= 11 is 3.41. The van der Waals surface area contributed by atoms with Crippen LogP contribution < -0.4 is 5.32 Å². The average Bonchev–Trinajstić information content (AvgIpc) is 2.67. The van der Waals surface area contributed by atoms with Crippen LogP contribution in [0, 0.1) is 5.82 Å². The smallest absolute Gasteiger partial charge is 0.124 e. The molecule has 0 saturated heterocycles. The Morgan fingerprint density at radius 1 is 1.35 bits per heavy atom. The lowest BCUT2D eigenvalue weighted by molar-refractivity contribution is 0.424. The van der Waals surface area contributed by atoms with E-state index < -0.39 is 0 Å². The number of aryl methyl sites for hydroxylation is 1. The van der Waals surface area contributed by atoms with E-state index >= 15 is 0 Å². The number of benzene rings is 1. The van der Waals surface area contributed by atoms with Gasteiger partial charge in [-0.15, -0.1) is 0 Å². The van der Waals surface area contributed by atoms with Crippen molar-refractivity contribution in [3.05, 3.63) is 40.2 Å². The molecule has 0 aliphatic rings. The van der Waals surface area contributed by atoms with E-state index in [0.717, 1.165) is 23.4 Å². The minimum absolute atomic E-state index is 0.0349. The van der Waals surface area contributed by atoms with Crippen LogP contribution in [-0.4, -0.2) is 15.3 Å². The molecule has 0 aliphatic heterocycles. The third-order valence-corrected chi connectivity index (χ3v) is 3.56. The molecule has 1 N–H and O–H groups in total. The van der Waals surface area contributed by atoms with Crippen molar-refractivity contribution in [1.29, 1.82) is 0 Å². The van der Waals surface area contributed by atoms with Crippen LogP contribution in [0.5, 0.6) is 0 Å². The van der Waals surface area contributed by atoms with Crippen molar-refractivity contribution < 1.29 is 4.39 Å². The molecule has 0 amide bonds. The van der Waals surface area contributed by atoms with E-state index in [-0.39, 0.29) is 11.4 Å². The Morgan fingerprint density at radius 2 is 2.05 bits per heavy atom. The number of rotatable bonds is 3. The molecule has 0 atom stereocenters. The van der Waals surface area contributed by atoms with Crippen LogP contribution in [0.2, 0.25) is 0 Å². The first-order valence-electron chi connectivity index (χ1n) is 6.49. The van der Waals surface area contributed by atoms with E-state index in [4.69, 9.17) is 0 Å². The highest BCUT2D eigenvalue weighted by atomic mass is 79.9. The molecular formula is C15H19BrFN3. The Kier molecular flexibility index (Phi) is 4.30. The normalized spacial score (nSPS) is 11.9. The third kappa shape index (κ3) is 3.67. The van der Waals surface area contributed by atoms with Crippen molar-refractivity contribution in [3.63, 3.8) is 0 Å². The second kappa shape index (κ2) is 5.66. The summed E-state index contributed by atoms with van der Waals surface area (Å²) in [5.74, 6) is -0.258. The summed E-state index contributed by atoms with van der Waals surface area (Å²) in [5.41, 5.74) is 2.90. The molecule has 0 radical (unpaired) electrons. The number of hydrogen-bond donors (Lipinski definition) is 1. The fraction of sp³-hybridized carbons (Fsp3) is 0.400. The van der Waals surface area contributed by atoms with Gasteiger partial charge < -0.3 is 5.32 Å². The van der Waals surface area contributed by atoms with Gasteiger partial charge in [0.05, 0.1) is 5.69 Å². The van der Waals surface area contributed by atoms with Crippen LogP contribution >= 0.6 is 15.9 Å². The van der Waals surface area contributed by atoms with E-state index in [1.807, 2.05) is 13.2 Å². The summed E-state index contributed by atoms with van der Waals surface area (Å²) in [6, 6.07) is 4.67. The van der Waals surface area contributed by atoms with E-state index in [2.05, 4.69) is 47.1 Å². The topological polar surface area (TPSA) is 29.9 Å². The molecule has 5 heteroatoms. The van der Waals surface area contributed by atoms with Gasteiger partial charge >= 0.3 is 0 Å². The Balaban J connectivity index is 2.36. The average molecular weight is 340 g/mol. The second-order valence-corrected chi connectivity index (χ2v) is 6.76. The fourth-order valence-electron chi connectivity index (χ4n) is 1.94. The molecule has 0 saturated carbocycles. The zero-order valence-corrected chi connectivity index (χ0v) is 13.8. The number of nitrogens with zero attached hydrogens (tertiary/aromatic N) is 2. The predicted molar refractivity (Wildman–Crippen MR) is 82.9 cm³/mol. The highest BCUT2D eigenvalue weighted by Crippen LogP contribution is 2.30. The van der Waals surface area contributed by atoms with Gasteiger partial charge in [0, 0.05) is 40.9 Å². The van der Waals surface area contributed by atoms with Crippen molar-refractivity contribution in [1.82, 2.24) is 15.1 Å². The molecule has 108 valence electrons. The molecule has 2 aromatic rings. The Hall–Kier alpha value is -1.20. The van der Waals surface area contributed by atoms with Crippen LogP contribution in [-0.2, 0) is 13.6 Å². The summed E-state index contributed by atoms with van der Waals surface area (Å²) in [6.07, 6.45) is 1.99. The molecule has 0 bridgehead atoms. The van der Waals surface area contributed by atoms with E-state index in [1.165, 1.54) is 12.1 Å². The van der Waals surface area contributed by atoms with Crippen molar-refractivity contribution in [3.8, 4) is 11.3 Å². The maximum atomic E-state index is 13.2. The van der Waals surface area contributed by atoms with Gasteiger partial charge in [0.2, 0.25) is 0 Å². The van der Waals surface area contributed by atoms with Crippen molar-refractivity contribution >= 4 is 15.9 Å². The molecule has 0 aliphatic carbocycles. The van der Waals surface area contributed by atoms with Gasteiger partial charge in [0.15, 0.2) is 0 Å². The minimum Gasteiger partial charge on any atom is -0.308 e. The highest BCUT2D eigenvalue weighted by Gasteiger charge is 2.16. The van der Waals surface area contributed by atoms with Gasteiger partial charge in [-0.3, -0.25) is 4.68 Å². The molecule has 1 aromatic heterocycles. The maximum Gasteiger partial charge on any atom is 0.124 e. The van der Waals surface area contributed by atoms with Crippen LogP contribution in [0.3, 0.4) is 0 Å². The minimum atomic E-state index is -0.258. The number of nitrogens with one attached hydrogen (secondary N) is 1. The van der Waals surface area contributed by atoms with Gasteiger partial charge in [-0.25, -0.2) is 4.39 Å². The maximum absolute atomic E-state index is 13.2. The summed E-state index contributed by atoms with van der Waals surface area (Å²) in [7, 11) is 1.89. The van der Waals surface area contributed by atoms with Crippen molar-refractivity contribution in [2.75, 3.05) is 0 Å². The van der Waals surface area contributed by atoms with Crippen molar-refractivity contribution in [2.24, 2.45) is 7.05 Å². The van der Waals surface area contributed by atoms with Gasteiger partial charge in [-0.2, -0.15) is 5.10 Å². The third-order valence-electron chi connectivity index (χ3n) is 2.90. The molecule has 2 rings (SSSR count). The first-order valence-corrected chi connectivity index (χ1v) is 7.28.